The van der Waals surface area contributed by atoms with Gasteiger partial charge < -0.3 is 10.1 Å². The van der Waals surface area contributed by atoms with Crippen molar-refractivity contribution in [1.82, 2.24) is 14.5 Å². The van der Waals surface area contributed by atoms with Gasteiger partial charge in [-0.1, -0.05) is 17.8 Å². The zero-order valence-corrected chi connectivity index (χ0v) is 17.9. The van der Waals surface area contributed by atoms with Crippen molar-refractivity contribution in [3.8, 4) is 0 Å². The highest BCUT2D eigenvalue weighted by molar-refractivity contribution is 7.99. The van der Waals surface area contributed by atoms with Crippen LogP contribution in [0, 0.1) is 13.8 Å². The molecule has 0 bridgehead atoms. The number of anilines is 1. The fraction of sp³-hybridized carbons (Fsp3) is 0.364. The number of fused-ring (bicyclic) bond motifs is 1. The van der Waals surface area contributed by atoms with Gasteiger partial charge in [-0.2, -0.15) is 0 Å². The first kappa shape index (κ1) is 20.6. The normalized spacial score (nSPS) is 16.1. The molecule has 0 saturated carbocycles. The molecule has 1 fully saturated rings. The first-order valence-corrected chi connectivity index (χ1v) is 11.0. The second-order valence-corrected chi connectivity index (χ2v) is 8.48. The van der Waals surface area contributed by atoms with Gasteiger partial charge in [0.05, 0.1) is 23.8 Å². The Hall–Kier alpha value is -2.71. The lowest BCUT2D eigenvalue weighted by molar-refractivity contribution is -0.113. The molecule has 1 aliphatic rings. The van der Waals surface area contributed by atoms with Crippen LogP contribution < -0.4 is 10.9 Å². The third kappa shape index (κ3) is 4.71. The number of hydrogen-bond acceptors (Lipinski definition) is 6. The van der Waals surface area contributed by atoms with Crippen LogP contribution in [0.4, 0.5) is 5.69 Å². The molecule has 1 N–H and O–H groups in total. The highest BCUT2D eigenvalue weighted by Gasteiger charge is 2.21. The number of nitrogens with zero attached hydrogens (tertiary/aromatic N) is 3. The molecule has 1 aromatic carbocycles. The molecule has 4 rings (SSSR count). The lowest BCUT2D eigenvalue weighted by Crippen LogP contribution is -2.29. The Bertz CT molecular complexity index is 1120. The number of nitrogens with one attached hydrogen (secondary N) is 1. The molecule has 0 spiro atoms. The Kier molecular flexibility index (Phi) is 6.15. The third-order valence-corrected chi connectivity index (χ3v) is 5.92. The molecule has 3 heterocycles. The van der Waals surface area contributed by atoms with Crippen molar-refractivity contribution in [2.24, 2.45) is 0 Å². The summed E-state index contributed by atoms with van der Waals surface area (Å²) in [7, 11) is 0. The number of pyridine rings is 1. The topological polar surface area (TPSA) is 86.1 Å². The Morgan fingerprint density at radius 2 is 2.10 bits per heavy atom. The van der Waals surface area contributed by atoms with Crippen molar-refractivity contribution in [2.45, 2.75) is 44.5 Å². The van der Waals surface area contributed by atoms with E-state index in [-0.39, 0.29) is 23.3 Å². The van der Waals surface area contributed by atoms with Gasteiger partial charge in [0.25, 0.3) is 5.56 Å². The second kappa shape index (κ2) is 8.97. The average molecular weight is 425 g/mol. The standard InChI is InChI=1S/C22H24N4O3S/c1-14-9-15(2)11-16(10-14)24-19(27)13-30-22-25-20-18(6-3-7-23-20)21(28)26(22)12-17-5-4-8-29-17/h3,6-7,9-11,17H,4-5,8,12-13H2,1-2H3,(H,24,27)/t17-/m1/s1. The van der Waals surface area contributed by atoms with Crippen LogP contribution in [0.2, 0.25) is 0 Å². The summed E-state index contributed by atoms with van der Waals surface area (Å²) in [6, 6.07) is 9.37. The van der Waals surface area contributed by atoms with Gasteiger partial charge in [0.1, 0.15) is 0 Å². The van der Waals surface area contributed by atoms with Crippen molar-refractivity contribution >= 4 is 34.4 Å². The van der Waals surface area contributed by atoms with E-state index >= 15 is 0 Å². The smallest absolute Gasteiger partial charge is 0.263 e. The number of ether oxygens (including phenoxy) is 1. The molecular weight excluding hydrogens is 400 g/mol. The van der Waals surface area contributed by atoms with Gasteiger partial charge >= 0.3 is 0 Å². The molecule has 1 saturated heterocycles. The van der Waals surface area contributed by atoms with Crippen LogP contribution in [0.25, 0.3) is 11.0 Å². The maximum absolute atomic E-state index is 13.1. The summed E-state index contributed by atoms with van der Waals surface area (Å²) in [6.45, 7) is 5.13. The quantitative estimate of drug-likeness (QED) is 0.483. The molecule has 0 unspecified atom stereocenters. The van der Waals surface area contributed by atoms with Crippen molar-refractivity contribution < 1.29 is 9.53 Å². The number of carbonyl (C=O) groups is 1. The van der Waals surface area contributed by atoms with E-state index in [2.05, 4.69) is 21.4 Å². The maximum atomic E-state index is 13.1. The predicted molar refractivity (Wildman–Crippen MR) is 118 cm³/mol. The van der Waals surface area contributed by atoms with Crippen LogP contribution in [0.15, 0.2) is 46.5 Å². The highest BCUT2D eigenvalue weighted by Crippen LogP contribution is 2.21. The first-order chi connectivity index (χ1) is 14.5. The summed E-state index contributed by atoms with van der Waals surface area (Å²) < 4.78 is 7.33. The third-order valence-electron chi connectivity index (χ3n) is 4.94. The molecule has 0 radical (unpaired) electrons. The van der Waals surface area contributed by atoms with Crippen LogP contribution >= 0.6 is 11.8 Å². The SMILES string of the molecule is Cc1cc(C)cc(NC(=O)CSc2nc3ncccc3c(=O)n2C[C@H]2CCCO2)c1. The minimum Gasteiger partial charge on any atom is -0.376 e. The zero-order valence-electron chi connectivity index (χ0n) is 17.1. The Morgan fingerprint density at radius 1 is 1.30 bits per heavy atom. The lowest BCUT2D eigenvalue weighted by Gasteiger charge is -2.16. The van der Waals surface area contributed by atoms with E-state index in [1.54, 1.807) is 22.9 Å². The molecule has 7 nitrogen and oxygen atoms in total. The van der Waals surface area contributed by atoms with Crippen molar-refractivity contribution in [1.29, 1.82) is 0 Å². The monoisotopic (exact) mass is 424 g/mol. The largest absolute Gasteiger partial charge is 0.376 e. The fourth-order valence-electron chi connectivity index (χ4n) is 3.67. The van der Waals surface area contributed by atoms with Crippen LogP contribution in [0.3, 0.4) is 0 Å². The predicted octanol–water partition coefficient (Wildman–Crippen LogP) is 3.32. The molecule has 30 heavy (non-hydrogen) atoms. The van der Waals surface area contributed by atoms with Crippen molar-refractivity contribution in [2.75, 3.05) is 17.7 Å². The molecule has 3 aromatic rings. The summed E-state index contributed by atoms with van der Waals surface area (Å²) in [5.41, 5.74) is 3.18. The van der Waals surface area contributed by atoms with E-state index in [1.165, 1.54) is 11.8 Å². The molecule has 1 aliphatic heterocycles. The van der Waals surface area contributed by atoms with Crippen LogP contribution in [0.1, 0.15) is 24.0 Å². The Labute approximate surface area is 178 Å². The van der Waals surface area contributed by atoms with E-state index in [1.807, 2.05) is 26.0 Å². The van der Waals surface area contributed by atoms with E-state index in [4.69, 9.17) is 4.74 Å². The Balaban J connectivity index is 1.56. The van der Waals surface area contributed by atoms with Crippen LogP contribution in [0.5, 0.6) is 0 Å². The van der Waals surface area contributed by atoms with Gasteiger partial charge in [-0.15, -0.1) is 0 Å². The van der Waals surface area contributed by atoms with Crippen LogP contribution in [-0.2, 0) is 16.1 Å². The summed E-state index contributed by atoms with van der Waals surface area (Å²) in [6.07, 6.45) is 3.50. The molecule has 1 amide bonds. The summed E-state index contributed by atoms with van der Waals surface area (Å²) in [4.78, 5) is 34.4. The number of aryl methyl sites for hydroxylation is 2. The van der Waals surface area contributed by atoms with Gasteiger partial charge in [0.2, 0.25) is 5.91 Å². The second-order valence-electron chi connectivity index (χ2n) is 7.53. The van der Waals surface area contributed by atoms with Gasteiger partial charge in [-0.05, 0) is 62.1 Å². The molecule has 2 aromatic heterocycles. The zero-order chi connectivity index (χ0) is 21.1. The molecule has 8 heteroatoms. The van der Waals surface area contributed by atoms with Crippen molar-refractivity contribution in [3.63, 3.8) is 0 Å². The number of thioether (sulfide) groups is 1. The fourth-order valence-corrected chi connectivity index (χ4v) is 4.47. The van der Waals surface area contributed by atoms with Gasteiger partial charge in [0, 0.05) is 18.5 Å². The van der Waals surface area contributed by atoms with E-state index in [9.17, 15) is 9.59 Å². The summed E-state index contributed by atoms with van der Waals surface area (Å²) in [5.74, 6) is -0.00689. The van der Waals surface area contributed by atoms with Gasteiger partial charge in [-0.25, -0.2) is 9.97 Å². The Morgan fingerprint density at radius 3 is 2.83 bits per heavy atom. The first-order valence-electron chi connectivity index (χ1n) is 9.98. The highest BCUT2D eigenvalue weighted by atomic mass is 32.2. The molecule has 1 atom stereocenters. The number of carbonyl (C=O) groups excluding carboxylic acids is 1. The average Bonchev–Trinajstić information content (AvgIpc) is 3.21. The number of rotatable bonds is 6. The summed E-state index contributed by atoms with van der Waals surface area (Å²) in [5, 5.41) is 3.88. The van der Waals surface area contributed by atoms with Crippen LogP contribution in [-0.4, -0.2) is 38.9 Å². The number of benzene rings is 1. The number of aromatic nitrogens is 3. The van der Waals surface area contributed by atoms with E-state index in [0.29, 0.717) is 29.3 Å². The molecule has 156 valence electrons. The van der Waals surface area contributed by atoms with Gasteiger partial charge in [-0.3, -0.25) is 14.2 Å². The van der Waals surface area contributed by atoms with E-state index in [0.717, 1.165) is 29.7 Å². The summed E-state index contributed by atoms with van der Waals surface area (Å²) >= 11 is 1.24. The van der Waals surface area contributed by atoms with Gasteiger partial charge in [0.15, 0.2) is 10.8 Å². The minimum atomic E-state index is -0.152. The number of amides is 1. The maximum Gasteiger partial charge on any atom is 0.263 e. The lowest BCUT2D eigenvalue weighted by atomic mass is 10.1. The minimum absolute atomic E-state index is 0.0120. The van der Waals surface area contributed by atoms with Crippen molar-refractivity contribution in [3.05, 3.63) is 58.0 Å². The van der Waals surface area contributed by atoms with E-state index < -0.39 is 0 Å². The molecular formula is C22H24N4O3S. The molecule has 0 aliphatic carbocycles. The number of hydrogen-bond donors (Lipinski definition) is 1.